The van der Waals surface area contributed by atoms with Crippen LogP contribution in [0.4, 0.5) is 0 Å². The van der Waals surface area contributed by atoms with Crippen molar-refractivity contribution in [3.63, 3.8) is 0 Å². The van der Waals surface area contributed by atoms with Crippen LogP contribution in [0.2, 0.25) is 0 Å². The molecular formula is C15H17NO3S. The fourth-order valence-electron chi connectivity index (χ4n) is 2.09. The average molecular weight is 291 g/mol. The summed E-state index contributed by atoms with van der Waals surface area (Å²) in [5.41, 5.74) is 7.31. The second-order valence-corrected chi connectivity index (χ2v) is 5.72. The maximum atomic E-state index is 6.25. The number of fused-ring (bicyclic) bond motifs is 1. The summed E-state index contributed by atoms with van der Waals surface area (Å²) in [5, 5.41) is 0. The number of aryl methyl sites for hydroxylation is 1. The number of nitrogens with two attached hydrogens (primary N) is 1. The smallest absolute Gasteiger partial charge is 0.161 e. The first-order valence-corrected chi connectivity index (χ1v) is 7.54. The van der Waals surface area contributed by atoms with Gasteiger partial charge >= 0.3 is 0 Å². The molecule has 0 amide bonds. The van der Waals surface area contributed by atoms with Crippen LogP contribution in [0.3, 0.4) is 0 Å². The van der Waals surface area contributed by atoms with E-state index in [0.29, 0.717) is 13.2 Å². The quantitative estimate of drug-likeness (QED) is 0.877. The molecule has 1 unspecified atom stereocenters. The van der Waals surface area contributed by atoms with Crippen LogP contribution in [-0.4, -0.2) is 19.0 Å². The Labute approximate surface area is 122 Å². The van der Waals surface area contributed by atoms with Gasteiger partial charge in [-0.1, -0.05) is 6.07 Å². The molecule has 0 saturated carbocycles. The van der Waals surface area contributed by atoms with Crippen LogP contribution in [0.1, 0.15) is 17.4 Å². The van der Waals surface area contributed by atoms with Gasteiger partial charge < -0.3 is 19.6 Å². The molecule has 0 radical (unpaired) electrons. The number of benzene rings is 1. The van der Waals surface area contributed by atoms with Crippen molar-refractivity contribution >= 4 is 11.8 Å². The number of ether oxygens (including phenoxy) is 2. The zero-order valence-corrected chi connectivity index (χ0v) is 12.1. The Kier molecular flexibility index (Phi) is 3.89. The second kappa shape index (κ2) is 5.81. The molecule has 0 spiro atoms. The Balaban J connectivity index is 1.67. The molecule has 1 aliphatic heterocycles. The maximum absolute atomic E-state index is 6.25. The van der Waals surface area contributed by atoms with Gasteiger partial charge in [-0.25, -0.2) is 0 Å². The summed E-state index contributed by atoms with van der Waals surface area (Å²) in [6.45, 7) is 3.15. The molecule has 4 nitrogen and oxygen atoms in total. The van der Waals surface area contributed by atoms with Crippen molar-refractivity contribution in [3.8, 4) is 11.5 Å². The first-order valence-electron chi connectivity index (χ1n) is 6.56. The minimum atomic E-state index is -0.0508. The first-order chi connectivity index (χ1) is 9.74. The Morgan fingerprint density at radius 2 is 2.00 bits per heavy atom. The van der Waals surface area contributed by atoms with E-state index in [9.17, 15) is 0 Å². The van der Waals surface area contributed by atoms with Gasteiger partial charge in [-0.3, -0.25) is 0 Å². The third-order valence-corrected chi connectivity index (χ3v) is 4.48. The van der Waals surface area contributed by atoms with Gasteiger partial charge in [-0.05, 0) is 30.7 Å². The summed E-state index contributed by atoms with van der Waals surface area (Å²) in [5.74, 6) is 3.31. The zero-order valence-electron chi connectivity index (χ0n) is 11.3. The van der Waals surface area contributed by atoms with Crippen LogP contribution < -0.4 is 15.2 Å². The first kappa shape index (κ1) is 13.4. The van der Waals surface area contributed by atoms with Crippen molar-refractivity contribution < 1.29 is 13.9 Å². The lowest BCUT2D eigenvalue weighted by Crippen LogP contribution is -2.17. The molecule has 1 aromatic heterocycles. The van der Waals surface area contributed by atoms with Crippen LogP contribution in [-0.2, 0) is 0 Å². The van der Waals surface area contributed by atoms with Gasteiger partial charge in [0.25, 0.3) is 0 Å². The van der Waals surface area contributed by atoms with Gasteiger partial charge in [0.15, 0.2) is 11.5 Å². The van der Waals surface area contributed by atoms with Gasteiger partial charge in [0.05, 0.1) is 6.26 Å². The van der Waals surface area contributed by atoms with Crippen molar-refractivity contribution in [1.29, 1.82) is 0 Å². The van der Waals surface area contributed by atoms with E-state index in [1.54, 1.807) is 18.0 Å². The Hall–Kier alpha value is -1.59. The van der Waals surface area contributed by atoms with E-state index < -0.39 is 0 Å². The molecule has 2 N–H and O–H groups in total. The lowest BCUT2D eigenvalue weighted by Gasteiger charge is -2.20. The highest BCUT2D eigenvalue weighted by Gasteiger charge is 2.15. The second-order valence-electron chi connectivity index (χ2n) is 4.66. The number of hydrogen-bond acceptors (Lipinski definition) is 5. The standard InChI is InChI=1S/C15H17NO3S/c1-10-15(4-5-17-10)20-9-12(16)11-2-3-13-14(8-11)19-7-6-18-13/h2-5,8,12H,6-7,9,16H2,1H3. The summed E-state index contributed by atoms with van der Waals surface area (Å²) in [6, 6.07) is 7.82. The highest BCUT2D eigenvalue weighted by molar-refractivity contribution is 7.99. The minimum absolute atomic E-state index is 0.0508. The van der Waals surface area contributed by atoms with Crippen LogP contribution in [0.25, 0.3) is 0 Å². The maximum Gasteiger partial charge on any atom is 0.161 e. The topological polar surface area (TPSA) is 57.6 Å². The van der Waals surface area contributed by atoms with E-state index in [0.717, 1.165) is 33.5 Å². The molecular weight excluding hydrogens is 274 g/mol. The third kappa shape index (κ3) is 2.78. The number of rotatable bonds is 4. The summed E-state index contributed by atoms with van der Waals surface area (Å²) >= 11 is 1.70. The Morgan fingerprint density at radius 3 is 2.75 bits per heavy atom. The predicted molar refractivity (Wildman–Crippen MR) is 78.5 cm³/mol. The van der Waals surface area contributed by atoms with Gasteiger partial charge in [0, 0.05) is 16.7 Å². The molecule has 5 heteroatoms. The highest BCUT2D eigenvalue weighted by Crippen LogP contribution is 2.34. The largest absolute Gasteiger partial charge is 0.486 e. The average Bonchev–Trinajstić information content (AvgIpc) is 2.89. The van der Waals surface area contributed by atoms with Crippen molar-refractivity contribution in [2.75, 3.05) is 19.0 Å². The molecule has 0 fully saturated rings. The summed E-state index contributed by atoms with van der Waals surface area (Å²) < 4.78 is 16.4. The summed E-state index contributed by atoms with van der Waals surface area (Å²) in [4.78, 5) is 1.14. The molecule has 0 bridgehead atoms. The van der Waals surface area contributed by atoms with E-state index >= 15 is 0 Å². The molecule has 20 heavy (non-hydrogen) atoms. The summed E-state index contributed by atoms with van der Waals surface area (Å²) in [6.07, 6.45) is 1.70. The Bertz CT molecular complexity index is 597. The number of hydrogen-bond donors (Lipinski definition) is 1. The SMILES string of the molecule is Cc1occc1SCC(N)c1ccc2c(c1)OCCO2. The monoisotopic (exact) mass is 291 g/mol. The molecule has 0 saturated heterocycles. The van der Waals surface area contributed by atoms with E-state index in [1.807, 2.05) is 31.2 Å². The Morgan fingerprint density at radius 1 is 1.20 bits per heavy atom. The van der Waals surface area contributed by atoms with Crippen molar-refractivity contribution in [2.24, 2.45) is 5.73 Å². The number of thioether (sulfide) groups is 1. The van der Waals surface area contributed by atoms with Gasteiger partial charge in [-0.2, -0.15) is 0 Å². The molecule has 2 heterocycles. The summed E-state index contributed by atoms with van der Waals surface area (Å²) in [7, 11) is 0. The molecule has 0 aliphatic carbocycles. The van der Waals surface area contributed by atoms with Crippen molar-refractivity contribution in [3.05, 3.63) is 41.9 Å². The molecule has 1 aliphatic rings. The highest BCUT2D eigenvalue weighted by atomic mass is 32.2. The van der Waals surface area contributed by atoms with Gasteiger partial charge in [0.1, 0.15) is 19.0 Å². The predicted octanol–water partition coefficient (Wildman–Crippen LogP) is 3.15. The van der Waals surface area contributed by atoms with E-state index in [4.69, 9.17) is 19.6 Å². The molecule has 2 aromatic rings. The van der Waals surface area contributed by atoms with Crippen LogP contribution in [0, 0.1) is 6.92 Å². The fourth-order valence-corrected chi connectivity index (χ4v) is 3.04. The molecule has 106 valence electrons. The lowest BCUT2D eigenvalue weighted by atomic mass is 10.1. The van der Waals surface area contributed by atoms with Crippen molar-refractivity contribution in [1.82, 2.24) is 0 Å². The van der Waals surface area contributed by atoms with Gasteiger partial charge in [0.2, 0.25) is 0 Å². The van der Waals surface area contributed by atoms with Crippen LogP contribution in [0.5, 0.6) is 11.5 Å². The van der Waals surface area contributed by atoms with E-state index in [-0.39, 0.29) is 6.04 Å². The fraction of sp³-hybridized carbons (Fsp3) is 0.333. The zero-order chi connectivity index (χ0) is 13.9. The number of furan rings is 1. The van der Waals surface area contributed by atoms with E-state index in [1.165, 1.54) is 0 Å². The van der Waals surface area contributed by atoms with E-state index in [2.05, 4.69) is 0 Å². The van der Waals surface area contributed by atoms with Crippen LogP contribution >= 0.6 is 11.8 Å². The normalized spacial score (nSPS) is 15.1. The minimum Gasteiger partial charge on any atom is -0.486 e. The molecule has 3 rings (SSSR count). The van der Waals surface area contributed by atoms with Crippen molar-refractivity contribution in [2.45, 2.75) is 17.9 Å². The third-order valence-electron chi connectivity index (χ3n) is 3.22. The van der Waals surface area contributed by atoms with Gasteiger partial charge in [-0.15, -0.1) is 11.8 Å². The molecule has 1 aromatic carbocycles. The molecule has 1 atom stereocenters. The van der Waals surface area contributed by atoms with Crippen LogP contribution in [0.15, 0.2) is 39.8 Å². The lowest BCUT2D eigenvalue weighted by molar-refractivity contribution is 0.171.